The highest BCUT2D eigenvalue weighted by molar-refractivity contribution is 7.92. The number of fused-ring (bicyclic) bond motifs is 1. The zero-order chi connectivity index (χ0) is 25.3. The van der Waals surface area contributed by atoms with Gasteiger partial charge < -0.3 is 9.26 Å². The van der Waals surface area contributed by atoms with Crippen LogP contribution in [0.3, 0.4) is 0 Å². The molecule has 182 valence electrons. The van der Waals surface area contributed by atoms with Crippen LogP contribution in [0.1, 0.15) is 22.6 Å². The maximum Gasteiger partial charge on any atom is 0.263 e. The molecule has 3 aromatic carbocycles. The standard InChI is InChI=1S/C28H25N3O4S/c1-18-15-26(24-11-7-8-12-25(24)29-18)34-17-21-13-14-23(22-9-5-4-6-10-22)27(16-21)36(32,33)31-28-19(2)20(3)35-30-28/h4-16H,17H2,1-3H3,(H,30,31). The number of aromatic nitrogens is 2. The molecule has 5 aromatic rings. The van der Waals surface area contributed by atoms with Crippen molar-refractivity contribution in [1.82, 2.24) is 10.1 Å². The van der Waals surface area contributed by atoms with Crippen molar-refractivity contribution in [3.05, 3.63) is 101 Å². The Bertz CT molecular complexity index is 1660. The molecule has 0 saturated heterocycles. The molecule has 8 heteroatoms. The second kappa shape index (κ2) is 9.47. The van der Waals surface area contributed by atoms with E-state index >= 15 is 0 Å². The van der Waals surface area contributed by atoms with Crippen molar-refractivity contribution in [2.75, 3.05) is 4.72 Å². The van der Waals surface area contributed by atoms with Gasteiger partial charge in [0, 0.05) is 28.3 Å². The largest absolute Gasteiger partial charge is 0.488 e. The van der Waals surface area contributed by atoms with Gasteiger partial charge >= 0.3 is 0 Å². The van der Waals surface area contributed by atoms with Crippen LogP contribution in [-0.4, -0.2) is 18.6 Å². The van der Waals surface area contributed by atoms with Gasteiger partial charge in [-0.15, -0.1) is 0 Å². The van der Waals surface area contributed by atoms with Crippen LogP contribution in [0.2, 0.25) is 0 Å². The maximum atomic E-state index is 13.6. The fourth-order valence-electron chi connectivity index (χ4n) is 3.98. The van der Waals surface area contributed by atoms with Gasteiger partial charge in [0.05, 0.1) is 10.4 Å². The zero-order valence-electron chi connectivity index (χ0n) is 20.1. The Labute approximate surface area is 209 Å². The quantitative estimate of drug-likeness (QED) is 0.287. The first-order chi connectivity index (χ1) is 17.3. The molecule has 5 rings (SSSR count). The third kappa shape index (κ3) is 4.67. The number of aryl methyl sites for hydroxylation is 2. The Morgan fingerprint density at radius 1 is 0.917 bits per heavy atom. The summed E-state index contributed by atoms with van der Waals surface area (Å²) in [5.41, 5.74) is 4.40. The van der Waals surface area contributed by atoms with Gasteiger partial charge in [-0.2, -0.15) is 0 Å². The smallest absolute Gasteiger partial charge is 0.263 e. The molecule has 0 aliphatic rings. The van der Waals surface area contributed by atoms with Crippen molar-refractivity contribution in [1.29, 1.82) is 0 Å². The Morgan fingerprint density at radius 3 is 2.42 bits per heavy atom. The van der Waals surface area contributed by atoms with Crippen LogP contribution >= 0.6 is 0 Å². The summed E-state index contributed by atoms with van der Waals surface area (Å²) < 4.78 is 41.0. The van der Waals surface area contributed by atoms with Crippen molar-refractivity contribution in [2.24, 2.45) is 0 Å². The van der Waals surface area contributed by atoms with Crippen LogP contribution in [0, 0.1) is 20.8 Å². The summed E-state index contributed by atoms with van der Waals surface area (Å²) in [6.45, 7) is 5.59. The molecule has 2 aromatic heterocycles. The van der Waals surface area contributed by atoms with Gasteiger partial charge in [0.25, 0.3) is 10.0 Å². The lowest BCUT2D eigenvalue weighted by Gasteiger charge is -2.15. The summed E-state index contributed by atoms with van der Waals surface area (Å²) >= 11 is 0. The second-order valence-electron chi connectivity index (χ2n) is 8.58. The number of nitrogens with one attached hydrogen (secondary N) is 1. The van der Waals surface area contributed by atoms with Gasteiger partial charge in [-0.05, 0) is 50.1 Å². The van der Waals surface area contributed by atoms with Gasteiger partial charge in [-0.3, -0.25) is 9.71 Å². The summed E-state index contributed by atoms with van der Waals surface area (Å²) in [4.78, 5) is 4.68. The molecular weight excluding hydrogens is 474 g/mol. The monoisotopic (exact) mass is 499 g/mol. The Morgan fingerprint density at radius 2 is 1.67 bits per heavy atom. The first-order valence-corrected chi connectivity index (χ1v) is 12.9. The van der Waals surface area contributed by atoms with Crippen molar-refractivity contribution >= 4 is 26.7 Å². The molecular formula is C28H25N3O4S. The van der Waals surface area contributed by atoms with Crippen LogP contribution < -0.4 is 9.46 Å². The number of hydrogen-bond donors (Lipinski definition) is 1. The maximum absolute atomic E-state index is 13.6. The average molecular weight is 500 g/mol. The number of pyridine rings is 1. The predicted octanol–water partition coefficient (Wildman–Crippen LogP) is 6.19. The molecule has 0 spiro atoms. The SMILES string of the molecule is Cc1cc(OCc2ccc(-c3ccccc3)c(S(=O)(=O)Nc3noc(C)c3C)c2)c2ccccc2n1. The number of rotatable bonds is 7. The van der Waals surface area contributed by atoms with Crippen LogP contribution in [0.5, 0.6) is 5.75 Å². The van der Waals surface area contributed by atoms with E-state index in [4.69, 9.17) is 9.26 Å². The van der Waals surface area contributed by atoms with Crippen LogP contribution in [0.15, 0.2) is 88.3 Å². The van der Waals surface area contributed by atoms with E-state index in [1.54, 1.807) is 26.0 Å². The molecule has 0 aliphatic carbocycles. The topological polar surface area (TPSA) is 94.3 Å². The summed E-state index contributed by atoms with van der Waals surface area (Å²) in [5.74, 6) is 1.42. The second-order valence-corrected chi connectivity index (χ2v) is 10.2. The molecule has 2 heterocycles. The van der Waals surface area contributed by atoms with Crippen LogP contribution in [0.25, 0.3) is 22.0 Å². The molecule has 0 radical (unpaired) electrons. The molecule has 7 nitrogen and oxygen atoms in total. The number of benzene rings is 3. The van der Waals surface area contributed by atoms with Crippen molar-refractivity contribution < 1.29 is 17.7 Å². The van der Waals surface area contributed by atoms with E-state index in [-0.39, 0.29) is 17.3 Å². The summed E-state index contributed by atoms with van der Waals surface area (Å²) in [5, 5.41) is 4.77. The first-order valence-electron chi connectivity index (χ1n) is 11.4. The van der Waals surface area contributed by atoms with E-state index in [0.717, 1.165) is 22.2 Å². The summed E-state index contributed by atoms with van der Waals surface area (Å²) in [6, 6.07) is 24.4. The van der Waals surface area contributed by atoms with Gasteiger partial charge in [-0.25, -0.2) is 8.42 Å². The molecule has 0 aliphatic heterocycles. The van der Waals surface area contributed by atoms with E-state index in [2.05, 4.69) is 14.9 Å². The molecule has 0 unspecified atom stereocenters. The lowest BCUT2D eigenvalue weighted by molar-refractivity contribution is 0.309. The predicted molar refractivity (Wildman–Crippen MR) is 139 cm³/mol. The number of nitrogens with zero attached hydrogens (tertiary/aromatic N) is 2. The Hall–Kier alpha value is -4.17. The van der Waals surface area contributed by atoms with Crippen molar-refractivity contribution in [2.45, 2.75) is 32.3 Å². The minimum Gasteiger partial charge on any atom is -0.488 e. The zero-order valence-corrected chi connectivity index (χ0v) is 21.0. The molecule has 0 atom stereocenters. The fourth-order valence-corrected chi connectivity index (χ4v) is 5.32. The minimum absolute atomic E-state index is 0.130. The Kier molecular flexibility index (Phi) is 6.20. The molecule has 0 bridgehead atoms. The van der Waals surface area contributed by atoms with Gasteiger partial charge in [0.15, 0.2) is 5.82 Å². The van der Waals surface area contributed by atoms with Crippen molar-refractivity contribution in [3.63, 3.8) is 0 Å². The lowest BCUT2D eigenvalue weighted by Crippen LogP contribution is -2.15. The summed E-state index contributed by atoms with van der Waals surface area (Å²) in [6.07, 6.45) is 0. The number of sulfonamides is 1. The number of para-hydroxylation sites is 1. The molecule has 0 amide bonds. The van der Waals surface area contributed by atoms with E-state index < -0.39 is 10.0 Å². The van der Waals surface area contributed by atoms with Gasteiger partial charge in [0.2, 0.25) is 0 Å². The normalized spacial score (nSPS) is 11.5. The van der Waals surface area contributed by atoms with Gasteiger partial charge in [0.1, 0.15) is 18.1 Å². The van der Waals surface area contributed by atoms with E-state index in [1.807, 2.05) is 73.7 Å². The highest BCUT2D eigenvalue weighted by atomic mass is 32.2. The van der Waals surface area contributed by atoms with Crippen LogP contribution in [0.4, 0.5) is 5.82 Å². The third-order valence-corrected chi connectivity index (χ3v) is 7.39. The van der Waals surface area contributed by atoms with Crippen molar-refractivity contribution in [3.8, 4) is 16.9 Å². The lowest BCUT2D eigenvalue weighted by atomic mass is 10.0. The molecule has 0 fully saturated rings. The van der Waals surface area contributed by atoms with Gasteiger partial charge in [-0.1, -0.05) is 59.8 Å². The minimum atomic E-state index is -3.99. The fraction of sp³-hybridized carbons (Fsp3) is 0.143. The number of ether oxygens (including phenoxy) is 1. The molecule has 1 N–H and O–H groups in total. The number of anilines is 1. The van der Waals surface area contributed by atoms with E-state index in [1.165, 1.54) is 0 Å². The summed E-state index contributed by atoms with van der Waals surface area (Å²) in [7, 11) is -3.99. The molecule has 0 saturated carbocycles. The Balaban J connectivity index is 1.53. The highest BCUT2D eigenvalue weighted by Crippen LogP contribution is 2.32. The van der Waals surface area contributed by atoms with E-state index in [9.17, 15) is 8.42 Å². The third-order valence-electron chi connectivity index (χ3n) is 6.01. The van der Waals surface area contributed by atoms with E-state index in [0.29, 0.717) is 28.2 Å². The first kappa shape index (κ1) is 23.6. The molecule has 36 heavy (non-hydrogen) atoms. The van der Waals surface area contributed by atoms with Crippen LogP contribution in [-0.2, 0) is 16.6 Å². The number of hydrogen-bond acceptors (Lipinski definition) is 6. The average Bonchev–Trinajstić information content (AvgIpc) is 3.19. The highest BCUT2D eigenvalue weighted by Gasteiger charge is 2.23.